The van der Waals surface area contributed by atoms with E-state index in [2.05, 4.69) is 44.3 Å². The molecule has 0 aliphatic rings. The number of hydrogen-bond donors (Lipinski definition) is 1. The third-order valence-electron chi connectivity index (χ3n) is 4.69. The van der Waals surface area contributed by atoms with Gasteiger partial charge < -0.3 is 10.1 Å². The molecule has 28 heavy (non-hydrogen) atoms. The molecule has 0 aliphatic heterocycles. The van der Waals surface area contributed by atoms with Crippen molar-refractivity contribution in [2.24, 2.45) is 0 Å². The minimum atomic E-state index is -0.0867. The molecule has 3 aromatic rings. The summed E-state index contributed by atoms with van der Waals surface area (Å²) in [6.07, 6.45) is 0. The highest BCUT2D eigenvalue weighted by atomic mass is 16.5. The summed E-state index contributed by atoms with van der Waals surface area (Å²) < 4.78 is 5.97. The van der Waals surface area contributed by atoms with E-state index in [0.717, 1.165) is 16.9 Å². The summed E-state index contributed by atoms with van der Waals surface area (Å²) in [4.78, 5) is 12.7. The zero-order valence-electron chi connectivity index (χ0n) is 16.7. The van der Waals surface area contributed by atoms with Gasteiger partial charge in [-0.05, 0) is 47.2 Å². The Morgan fingerprint density at radius 1 is 0.964 bits per heavy atom. The molecule has 144 valence electrons. The van der Waals surface area contributed by atoms with Crippen LogP contribution >= 0.6 is 0 Å². The van der Waals surface area contributed by atoms with E-state index in [1.807, 2.05) is 54.6 Å². The highest BCUT2D eigenvalue weighted by Crippen LogP contribution is 2.27. The second-order valence-corrected chi connectivity index (χ2v) is 7.21. The van der Waals surface area contributed by atoms with E-state index < -0.39 is 0 Å². The molecular weight excluding hydrogens is 346 g/mol. The maximum absolute atomic E-state index is 12.7. The molecule has 3 aromatic carbocycles. The maximum Gasteiger partial charge on any atom is 0.252 e. The Hall–Kier alpha value is -3.07. The van der Waals surface area contributed by atoms with Gasteiger partial charge in [0.2, 0.25) is 0 Å². The average molecular weight is 373 g/mol. The lowest BCUT2D eigenvalue weighted by atomic mass is 9.99. The van der Waals surface area contributed by atoms with Crippen molar-refractivity contribution >= 4 is 5.91 Å². The van der Waals surface area contributed by atoms with E-state index in [9.17, 15) is 4.79 Å². The first kappa shape index (κ1) is 19.7. The van der Waals surface area contributed by atoms with Crippen LogP contribution in [-0.4, -0.2) is 19.1 Å². The number of rotatable bonds is 7. The molecule has 0 spiro atoms. The monoisotopic (exact) mass is 373 g/mol. The molecule has 0 saturated heterocycles. The average Bonchev–Trinajstić information content (AvgIpc) is 2.71. The van der Waals surface area contributed by atoms with Gasteiger partial charge in [-0.15, -0.1) is 0 Å². The van der Waals surface area contributed by atoms with E-state index >= 15 is 0 Å². The van der Waals surface area contributed by atoms with Gasteiger partial charge >= 0.3 is 0 Å². The minimum absolute atomic E-state index is 0.0867. The molecule has 0 fully saturated rings. The fourth-order valence-corrected chi connectivity index (χ4v) is 3.21. The van der Waals surface area contributed by atoms with Crippen molar-refractivity contribution in [3.8, 4) is 16.9 Å². The van der Waals surface area contributed by atoms with Gasteiger partial charge in [-0.2, -0.15) is 0 Å². The second kappa shape index (κ2) is 9.23. The van der Waals surface area contributed by atoms with E-state index in [1.54, 1.807) is 0 Å². The predicted octanol–water partition coefficient (Wildman–Crippen LogP) is 5.59. The van der Waals surface area contributed by atoms with Crippen molar-refractivity contribution in [2.45, 2.75) is 26.7 Å². The molecule has 1 N–H and O–H groups in total. The Morgan fingerprint density at radius 2 is 1.68 bits per heavy atom. The number of carbonyl (C=O) groups excluding carboxylic acids is 1. The lowest BCUT2D eigenvalue weighted by molar-refractivity contribution is 0.0947. The first-order valence-electron chi connectivity index (χ1n) is 9.72. The summed E-state index contributed by atoms with van der Waals surface area (Å²) in [5, 5.41) is 2.98. The van der Waals surface area contributed by atoms with Gasteiger partial charge in [-0.3, -0.25) is 4.79 Å². The van der Waals surface area contributed by atoms with Crippen LogP contribution in [0.5, 0.6) is 5.75 Å². The Labute approximate surface area is 167 Å². The maximum atomic E-state index is 12.7. The molecule has 0 unspecified atom stereocenters. The van der Waals surface area contributed by atoms with Crippen LogP contribution < -0.4 is 10.1 Å². The van der Waals surface area contributed by atoms with Crippen LogP contribution in [0.4, 0.5) is 0 Å². The van der Waals surface area contributed by atoms with Gasteiger partial charge in [0, 0.05) is 5.56 Å². The molecule has 0 heterocycles. The molecule has 3 rings (SSSR count). The van der Waals surface area contributed by atoms with Crippen molar-refractivity contribution < 1.29 is 9.53 Å². The summed E-state index contributed by atoms with van der Waals surface area (Å²) in [5.41, 5.74) is 4.99. The standard InChI is InChI=1S/C25H27NO2/c1-18(2)21-14-13-19(3)17-24(21)28-16-15-26-25(27)23-12-8-7-11-22(23)20-9-5-4-6-10-20/h4-14,17-18H,15-16H2,1-3H3,(H,26,27). The van der Waals surface area contributed by atoms with Gasteiger partial charge in [0.15, 0.2) is 0 Å². The van der Waals surface area contributed by atoms with Crippen LogP contribution in [0.3, 0.4) is 0 Å². The summed E-state index contributed by atoms with van der Waals surface area (Å²) in [6, 6.07) is 23.9. The summed E-state index contributed by atoms with van der Waals surface area (Å²) >= 11 is 0. The van der Waals surface area contributed by atoms with Crippen molar-refractivity contribution in [3.05, 3.63) is 89.5 Å². The topological polar surface area (TPSA) is 38.3 Å². The second-order valence-electron chi connectivity index (χ2n) is 7.21. The quantitative estimate of drug-likeness (QED) is 0.548. The van der Waals surface area contributed by atoms with Gasteiger partial charge in [0.25, 0.3) is 5.91 Å². The number of amides is 1. The fraction of sp³-hybridized carbons (Fsp3) is 0.240. The largest absolute Gasteiger partial charge is 0.491 e. The molecular formula is C25H27NO2. The zero-order chi connectivity index (χ0) is 19.9. The first-order chi connectivity index (χ1) is 13.6. The Bertz CT molecular complexity index is 932. The van der Waals surface area contributed by atoms with Crippen molar-refractivity contribution in [1.29, 1.82) is 0 Å². The highest BCUT2D eigenvalue weighted by molar-refractivity contribution is 6.00. The van der Waals surface area contributed by atoms with Gasteiger partial charge in [-0.1, -0.05) is 74.5 Å². The number of benzene rings is 3. The van der Waals surface area contributed by atoms with E-state index in [1.165, 1.54) is 11.1 Å². The summed E-state index contributed by atoms with van der Waals surface area (Å²) in [6.45, 7) is 7.24. The molecule has 1 amide bonds. The van der Waals surface area contributed by atoms with Crippen LogP contribution in [0.25, 0.3) is 11.1 Å². The fourth-order valence-electron chi connectivity index (χ4n) is 3.21. The van der Waals surface area contributed by atoms with E-state index in [-0.39, 0.29) is 5.91 Å². The highest BCUT2D eigenvalue weighted by Gasteiger charge is 2.12. The Balaban J connectivity index is 1.63. The summed E-state index contributed by atoms with van der Waals surface area (Å²) in [5.74, 6) is 1.20. The zero-order valence-corrected chi connectivity index (χ0v) is 16.7. The van der Waals surface area contributed by atoms with Gasteiger partial charge in [-0.25, -0.2) is 0 Å². The van der Waals surface area contributed by atoms with Crippen LogP contribution in [0.1, 0.15) is 41.3 Å². The predicted molar refractivity (Wildman–Crippen MR) is 115 cm³/mol. The smallest absolute Gasteiger partial charge is 0.252 e. The molecule has 3 nitrogen and oxygen atoms in total. The van der Waals surface area contributed by atoms with Crippen LogP contribution in [-0.2, 0) is 0 Å². The van der Waals surface area contributed by atoms with E-state index in [0.29, 0.717) is 24.6 Å². The van der Waals surface area contributed by atoms with E-state index in [4.69, 9.17) is 4.74 Å². The molecule has 0 bridgehead atoms. The van der Waals surface area contributed by atoms with Crippen molar-refractivity contribution in [3.63, 3.8) is 0 Å². The Kier molecular flexibility index (Phi) is 6.49. The molecule has 3 heteroatoms. The van der Waals surface area contributed by atoms with Crippen molar-refractivity contribution in [2.75, 3.05) is 13.2 Å². The third-order valence-corrected chi connectivity index (χ3v) is 4.69. The number of ether oxygens (including phenoxy) is 1. The third kappa shape index (κ3) is 4.80. The number of nitrogens with one attached hydrogen (secondary N) is 1. The molecule has 0 aromatic heterocycles. The lowest BCUT2D eigenvalue weighted by Gasteiger charge is -2.15. The summed E-state index contributed by atoms with van der Waals surface area (Å²) in [7, 11) is 0. The lowest BCUT2D eigenvalue weighted by Crippen LogP contribution is -2.28. The van der Waals surface area contributed by atoms with Crippen molar-refractivity contribution in [1.82, 2.24) is 5.32 Å². The number of hydrogen-bond acceptors (Lipinski definition) is 2. The first-order valence-corrected chi connectivity index (χ1v) is 9.72. The van der Waals surface area contributed by atoms with Gasteiger partial charge in [0.05, 0.1) is 6.54 Å². The molecule has 0 saturated carbocycles. The SMILES string of the molecule is Cc1ccc(C(C)C)c(OCCNC(=O)c2ccccc2-c2ccccc2)c1. The van der Waals surface area contributed by atoms with Gasteiger partial charge in [0.1, 0.15) is 12.4 Å². The number of carbonyl (C=O) groups is 1. The molecule has 0 radical (unpaired) electrons. The molecule has 0 atom stereocenters. The van der Waals surface area contributed by atoms with Crippen LogP contribution in [0, 0.1) is 6.92 Å². The minimum Gasteiger partial charge on any atom is -0.491 e. The Morgan fingerprint density at radius 3 is 2.43 bits per heavy atom. The van der Waals surface area contributed by atoms with Crippen LogP contribution in [0.15, 0.2) is 72.8 Å². The molecule has 0 aliphatic carbocycles. The normalized spacial score (nSPS) is 10.7. The van der Waals surface area contributed by atoms with Crippen LogP contribution in [0.2, 0.25) is 0 Å². The number of aryl methyl sites for hydroxylation is 1.